The molecular formula is C8H14N2O2. The highest BCUT2D eigenvalue weighted by atomic mass is 16.5. The maximum atomic E-state index is 11.2. The predicted molar refractivity (Wildman–Crippen MR) is 43.9 cm³/mol. The molecule has 4 heteroatoms. The molecule has 0 aromatic carbocycles. The molecule has 2 heterocycles. The minimum Gasteiger partial charge on any atom is -0.453 e. The average Bonchev–Trinajstić information content (AvgIpc) is 2.62. The van der Waals surface area contributed by atoms with Gasteiger partial charge in [0.1, 0.15) is 0 Å². The van der Waals surface area contributed by atoms with Gasteiger partial charge < -0.3 is 15.0 Å². The molecular weight excluding hydrogens is 156 g/mol. The highest BCUT2D eigenvalue weighted by molar-refractivity contribution is 5.68. The standard InChI is InChI=1S/C8H14N2O2/c1-12-8(11)10-3-2-6-4-9-5-7(6)10/h6-7,9H,2-5H2,1H3/t6-,7+/m0/s1. The van der Waals surface area contributed by atoms with Gasteiger partial charge in [0.05, 0.1) is 13.2 Å². The van der Waals surface area contributed by atoms with Crippen molar-refractivity contribution in [3.8, 4) is 0 Å². The number of methoxy groups -OCH3 is 1. The van der Waals surface area contributed by atoms with E-state index in [1.54, 1.807) is 0 Å². The fourth-order valence-electron chi connectivity index (χ4n) is 2.19. The Morgan fingerprint density at radius 1 is 1.58 bits per heavy atom. The zero-order valence-electron chi connectivity index (χ0n) is 7.25. The molecule has 68 valence electrons. The van der Waals surface area contributed by atoms with Gasteiger partial charge in [0.2, 0.25) is 0 Å². The number of amides is 1. The van der Waals surface area contributed by atoms with E-state index in [-0.39, 0.29) is 6.09 Å². The average molecular weight is 170 g/mol. The summed E-state index contributed by atoms with van der Waals surface area (Å²) in [5, 5.41) is 3.28. The summed E-state index contributed by atoms with van der Waals surface area (Å²) in [4.78, 5) is 13.1. The number of rotatable bonds is 0. The first-order valence-corrected chi connectivity index (χ1v) is 4.38. The van der Waals surface area contributed by atoms with Gasteiger partial charge in [-0.25, -0.2) is 4.79 Å². The summed E-state index contributed by atoms with van der Waals surface area (Å²) in [6.07, 6.45) is 0.943. The number of hydrogen-bond donors (Lipinski definition) is 1. The molecule has 0 radical (unpaired) electrons. The van der Waals surface area contributed by atoms with Crippen LogP contribution in [-0.4, -0.2) is 43.8 Å². The summed E-state index contributed by atoms with van der Waals surface area (Å²) < 4.78 is 4.70. The fourth-order valence-corrected chi connectivity index (χ4v) is 2.19. The molecule has 2 aliphatic rings. The van der Waals surface area contributed by atoms with E-state index in [0.29, 0.717) is 12.0 Å². The highest BCUT2D eigenvalue weighted by Gasteiger charge is 2.40. The number of fused-ring (bicyclic) bond motifs is 1. The normalized spacial score (nSPS) is 33.6. The lowest BCUT2D eigenvalue weighted by Gasteiger charge is -2.21. The SMILES string of the molecule is COC(=O)N1CC[C@H]2CNC[C@H]21. The topological polar surface area (TPSA) is 41.6 Å². The van der Waals surface area contributed by atoms with Gasteiger partial charge in [-0.1, -0.05) is 0 Å². The molecule has 0 aromatic heterocycles. The van der Waals surface area contributed by atoms with E-state index in [1.165, 1.54) is 7.11 Å². The van der Waals surface area contributed by atoms with Crippen LogP contribution < -0.4 is 5.32 Å². The van der Waals surface area contributed by atoms with Gasteiger partial charge in [-0.2, -0.15) is 0 Å². The van der Waals surface area contributed by atoms with Crippen LogP contribution in [0.2, 0.25) is 0 Å². The number of nitrogens with zero attached hydrogens (tertiary/aromatic N) is 1. The monoisotopic (exact) mass is 170 g/mol. The van der Waals surface area contributed by atoms with Crippen molar-refractivity contribution in [3.63, 3.8) is 0 Å². The second kappa shape index (κ2) is 2.94. The zero-order valence-corrected chi connectivity index (χ0v) is 7.25. The molecule has 0 aliphatic carbocycles. The van der Waals surface area contributed by atoms with Gasteiger partial charge in [0.15, 0.2) is 0 Å². The third kappa shape index (κ3) is 1.06. The Balaban J connectivity index is 2.04. The van der Waals surface area contributed by atoms with Crippen LogP contribution in [-0.2, 0) is 4.74 Å². The van der Waals surface area contributed by atoms with Gasteiger partial charge in [-0.05, 0) is 12.3 Å². The molecule has 2 rings (SSSR count). The summed E-state index contributed by atoms with van der Waals surface area (Å²) >= 11 is 0. The summed E-state index contributed by atoms with van der Waals surface area (Å²) in [5.74, 6) is 0.657. The molecule has 0 aromatic rings. The largest absolute Gasteiger partial charge is 0.453 e. The van der Waals surface area contributed by atoms with E-state index < -0.39 is 0 Å². The van der Waals surface area contributed by atoms with E-state index in [9.17, 15) is 4.79 Å². The van der Waals surface area contributed by atoms with E-state index >= 15 is 0 Å². The Kier molecular flexibility index (Phi) is 1.92. The number of carbonyl (C=O) groups excluding carboxylic acids is 1. The second-order valence-corrected chi connectivity index (χ2v) is 3.44. The lowest BCUT2D eigenvalue weighted by molar-refractivity contribution is 0.119. The summed E-state index contributed by atoms with van der Waals surface area (Å²) in [6, 6.07) is 0.387. The lowest BCUT2D eigenvalue weighted by atomic mass is 10.1. The minimum atomic E-state index is -0.175. The molecule has 0 unspecified atom stereocenters. The molecule has 2 atom stereocenters. The molecule has 0 saturated carbocycles. The van der Waals surface area contributed by atoms with Crippen molar-refractivity contribution in [3.05, 3.63) is 0 Å². The first-order valence-electron chi connectivity index (χ1n) is 4.38. The molecule has 12 heavy (non-hydrogen) atoms. The van der Waals surface area contributed by atoms with Crippen LogP contribution in [0.1, 0.15) is 6.42 Å². The van der Waals surface area contributed by atoms with Crippen molar-refractivity contribution in [1.82, 2.24) is 10.2 Å². The van der Waals surface area contributed by atoms with E-state index in [4.69, 9.17) is 4.74 Å². The molecule has 1 amide bonds. The van der Waals surface area contributed by atoms with Gasteiger partial charge in [-0.3, -0.25) is 0 Å². The number of ether oxygens (including phenoxy) is 1. The highest BCUT2D eigenvalue weighted by Crippen LogP contribution is 2.27. The molecule has 0 bridgehead atoms. The maximum absolute atomic E-state index is 11.2. The van der Waals surface area contributed by atoms with Gasteiger partial charge in [0.25, 0.3) is 0 Å². The number of likely N-dealkylation sites (tertiary alicyclic amines) is 1. The molecule has 4 nitrogen and oxygen atoms in total. The molecule has 2 saturated heterocycles. The van der Waals surface area contributed by atoms with Crippen molar-refractivity contribution < 1.29 is 9.53 Å². The first-order chi connectivity index (χ1) is 5.83. The van der Waals surface area contributed by atoms with E-state index in [0.717, 1.165) is 26.1 Å². The third-order valence-corrected chi connectivity index (χ3v) is 2.85. The van der Waals surface area contributed by atoms with Crippen LogP contribution in [0, 0.1) is 5.92 Å². The smallest absolute Gasteiger partial charge is 0.409 e. The molecule has 2 aliphatic heterocycles. The van der Waals surface area contributed by atoms with Crippen LogP contribution in [0.15, 0.2) is 0 Å². The van der Waals surface area contributed by atoms with E-state index in [2.05, 4.69) is 5.32 Å². The molecule has 1 N–H and O–H groups in total. The number of carbonyl (C=O) groups is 1. The number of nitrogens with one attached hydrogen (secondary N) is 1. The summed E-state index contributed by atoms with van der Waals surface area (Å²) in [6.45, 7) is 2.85. The quantitative estimate of drug-likeness (QED) is 0.558. The van der Waals surface area contributed by atoms with Crippen LogP contribution in [0.25, 0.3) is 0 Å². The lowest BCUT2D eigenvalue weighted by Crippen LogP contribution is -2.38. The van der Waals surface area contributed by atoms with Crippen molar-refractivity contribution in [1.29, 1.82) is 0 Å². The maximum Gasteiger partial charge on any atom is 0.409 e. The van der Waals surface area contributed by atoms with Crippen molar-refractivity contribution in [2.24, 2.45) is 5.92 Å². The van der Waals surface area contributed by atoms with Gasteiger partial charge in [0, 0.05) is 19.6 Å². The van der Waals surface area contributed by atoms with Crippen LogP contribution >= 0.6 is 0 Å². The second-order valence-electron chi connectivity index (χ2n) is 3.44. The Morgan fingerprint density at radius 2 is 2.42 bits per heavy atom. The van der Waals surface area contributed by atoms with Crippen LogP contribution in [0.4, 0.5) is 4.79 Å². The molecule has 2 fully saturated rings. The Morgan fingerprint density at radius 3 is 3.17 bits per heavy atom. The van der Waals surface area contributed by atoms with Crippen molar-refractivity contribution in [2.45, 2.75) is 12.5 Å². The predicted octanol–water partition coefficient (Wildman–Crippen LogP) is 0.0465. The van der Waals surface area contributed by atoms with Crippen molar-refractivity contribution >= 4 is 6.09 Å². The number of hydrogen-bond acceptors (Lipinski definition) is 3. The Hall–Kier alpha value is -0.770. The molecule has 0 spiro atoms. The fraction of sp³-hybridized carbons (Fsp3) is 0.875. The summed E-state index contributed by atoms with van der Waals surface area (Å²) in [7, 11) is 1.44. The minimum absolute atomic E-state index is 0.175. The van der Waals surface area contributed by atoms with Crippen molar-refractivity contribution in [2.75, 3.05) is 26.7 Å². The van der Waals surface area contributed by atoms with Crippen LogP contribution in [0.5, 0.6) is 0 Å². The summed E-state index contributed by atoms with van der Waals surface area (Å²) in [5.41, 5.74) is 0. The van der Waals surface area contributed by atoms with Gasteiger partial charge >= 0.3 is 6.09 Å². The van der Waals surface area contributed by atoms with Gasteiger partial charge in [-0.15, -0.1) is 0 Å². The third-order valence-electron chi connectivity index (χ3n) is 2.85. The Labute approximate surface area is 71.9 Å². The first kappa shape index (κ1) is 7.86. The Bertz CT molecular complexity index is 195. The van der Waals surface area contributed by atoms with Crippen LogP contribution in [0.3, 0.4) is 0 Å². The van der Waals surface area contributed by atoms with E-state index in [1.807, 2.05) is 4.90 Å². The zero-order chi connectivity index (χ0) is 8.55.